The van der Waals surface area contributed by atoms with E-state index in [4.69, 9.17) is 0 Å². The summed E-state index contributed by atoms with van der Waals surface area (Å²) in [5.74, 6) is 5.74. The molecule has 2 amide bonds. The van der Waals surface area contributed by atoms with Gasteiger partial charge in [0.2, 0.25) is 11.8 Å². The van der Waals surface area contributed by atoms with E-state index in [2.05, 4.69) is 16.7 Å². The van der Waals surface area contributed by atoms with E-state index in [0.717, 1.165) is 6.42 Å². The Labute approximate surface area is 95.6 Å². The Kier molecular flexibility index (Phi) is 2.97. The Morgan fingerprint density at radius 3 is 2.25 bits per heavy atom. The number of nitrogens with zero attached hydrogens (tertiary/aromatic N) is 2. The van der Waals surface area contributed by atoms with Crippen molar-refractivity contribution in [1.29, 1.82) is 0 Å². The molecule has 2 rings (SSSR count). The number of carbonyl (C=O) groups is 2. The summed E-state index contributed by atoms with van der Waals surface area (Å²) in [7, 11) is 1.57. The third-order valence-corrected chi connectivity index (χ3v) is 3.30. The second-order valence-corrected chi connectivity index (χ2v) is 4.35. The Morgan fingerprint density at radius 1 is 1.19 bits per heavy atom. The molecule has 0 aromatic rings. The number of rotatable bonds is 1. The topological polar surface area (TPSA) is 40.6 Å². The van der Waals surface area contributed by atoms with E-state index in [1.807, 2.05) is 6.92 Å². The SMILES string of the molecule is CCC#CCN1C[C@@H]2C(=O)N(C)C(=O)[C@@H]2C1. The fourth-order valence-corrected chi connectivity index (χ4v) is 2.41. The first-order valence-corrected chi connectivity index (χ1v) is 5.64. The van der Waals surface area contributed by atoms with Gasteiger partial charge in [0.05, 0.1) is 18.4 Å². The molecule has 0 bridgehead atoms. The standard InChI is InChI=1S/C12H16N2O2/c1-3-4-5-6-14-7-9-10(8-14)12(16)13(2)11(9)15/h9-10H,3,6-8H2,1-2H3/t9-,10+. The fraction of sp³-hybridized carbons (Fsp3) is 0.667. The molecule has 2 heterocycles. The minimum absolute atomic E-state index is 0.0269. The van der Waals surface area contributed by atoms with Gasteiger partial charge in [-0.05, 0) is 0 Å². The largest absolute Gasteiger partial charge is 0.291 e. The zero-order valence-electron chi connectivity index (χ0n) is 9.69. The van der Waals surface area contributed by atoms with E-state index in [-0.39, 0.29) is 23.7 Å². The zero-order chi connectivity index (χ0) is 11.7. The molecule has 0 aliphatic carbocycles. The molecule has 2 atom stereocenters. The van der Waals surface area contributed by atoms with Crippen molar-refractivity contribution in [2.24, 2.45) is 11.8 Å². The number of amides is 2. The molecule has 2 aliphatic heterocycles. The number of carbonyl (C=O) groups excluding carboxylic acids is 2. The first-order valence-electron chi connectivity index (χ1n) is 5.64. The summed E-state index contributed by atoms with van der Waals surface area (Å²) >= 11 is 0. The van der Waals surface area contributed by atoms with Crippen molar-refractivity contribution in [1.82, 2.24) is 9.80 Å². The molecule has 2 saturated heterocycles. The van der Waals surface area contributed by atoms with Crippen LogP contribution >= 0.6 is 0 Å². The predicted molar refractivity (Wildman–Crippen MR) is 59.3 cm³/mol. The average molecular weight is 220 g/mol. The molecule has 4 heteroatoms. The van der Waals surface area contributed by atoms with Crippen LogP contribution in [0.25, 0.3) is 0 Å². The number of imide groups is 1. The van der Waals surface area contributed by atoms with Crippen molar-refractivity contribution in [3.8, 4) is 11.8 Å². The van der Waals surface area contributed by atoms with Crippen LogP contribution in [0.2, 0.25) is 0 Å². The Bertz CT molecular complexity index is 356. The molecule has 0 radical (unpaired) electrons. The summed E-state index contributed by atoms with van der Waals surface area (Å²) in [5, 5.41) is 0. The quantitative estimate of drug-likeness (QED) is 0.459. The third-order valence-electron chi connectivity index (χ3n) is 3.30. The van der Waals surface area contributed by atoms with Crippen LogP contribution in [0.15, 0.2) is 0 Å². The van der Waals surface area contributed by atoms with Crippen molar-refractivity contribution in [3.05, 3.63) is 0 Å². The van der Waals surface area contributed by atoms with E-state index in [1.165, 1.54) is 4.90 Å². The summed E-state index contributed by atoms with van der Waals surface area (Å²) < 4.78 is 0. The van der Waals surface area contributed by atoms with Crippen molar-refractivity contribution in [2.75, 3.05) is 26.7 Å². The van der Waals surface area contributed by atoms with E-state index >= 15 is 0 Å². The summed E-state index contributed by atoms with van der Waals surface area (Å²) in [6.07, 6.45) is 0.849. The van der Waals surface area contributed by atoms with Crippen LogP contribution in [-0.2, 0) is 9.59 Å². The van der Waals surface area contributed by atoms with Crippen LogP contribution in [0.5, 0.6) is 0 Å². The van der Waals surface area contributed by atoms with Gasteiger partial charge >= 0.3 is 0 Å². The van der Waals surface area contributed by atoms with E-state index in [1.54, 1.807) is 7.05 Å². The minimum atomic E-state index is -0.124. The highest BCUT2D eigenvalue weighted by molar-refractivity contribution is 6.05. The highest BCUT2D eigenvalue weighted by atomic mass is 16.2. The lowest BCUT2D eigenvalue weighted by molar-refractivity contribution is -0.138. The first-order chi connectivity index (χ1) is 7.65. The molecule has 0 aromatic carbocycles. The van der Waals surface area contributed by atoms with Crippen LogP contribution in [-0.4, -0.2) is 48.3 Å². The van der Waals surface area contributed by atoms with Crippen molar-refractivity contribution in [2.45, 2.75) is 13.3 Å². The molecule has 4 nitrogen and oxygen atoms in total. The molecule has 0 aromatic heterocycles. The number of hydrogen-bond acceptors (Lipinski definition) is 3. The summed E-state index contributed by atoms with van der Waals surface area (Å²) in [5.41, 5.74) is 0. The molecular formula is C12H16N2O2. The van der Waals surface area contributed by atoms with Gasteiger partial charge in [-0.25, -0.2) is 0 Å². The highest BCUT2D eigenvalue weighted by Gasteiger charge is 2.50. The maximum absolute atomic E-state index is 11.7. The van der Waals surface area contributed by atoms with Gasteiger partial charge in [-0.2, -0.15) is 0 Å². The maximum atomic E-state index is 11.7. The highest BCUT2D eigenvalue weighted by Crippen LogP contribution is 2.31. The minimum Gasteiger partial charge on any atom is -0.291 e. The van der Waals surface area contributed by atoms with Gasteiger partial charge < -0.3 is 0 Å². The number of likely N-dealkylation sites (tertiary alicyclic amines) is 2. The molecule has 0 saturated carbocycles. The monoisotopic (exact) mass is 220 g/mol. The second-order valence-electron chi connectivity index (χ2n) is 4.35. The van der Waals surface area contributed by atoms with Crippen molar-refractivity contribution >= 4 is 11.8 Å². The Morgan fingerprint density at radius 2 is 1.75 bits per heavy atom. The first kappa shape index (κ1) is 11.2. The number of hydrogen-bond donors (Lipinski definition) is 0. The Hall–Kier alpha value is -1.34. The van der Waals surface area contributed by atoms with Crippen LogP contribution in [0.4, 0.5) is 0 Å². The van der Waals surface area contributed by atoms with Gasteiger partial charge in [-0.15, -0.1) is 5.92 Å². The summed E-state index contributed by atoms with van der Waals surface area (Å²) in [6, 6.07) is 0. The Balaban J connectivity index is 1.99. The average Bonchev–Trinajstić information content (AvgIpc) is 2.77. The molecule has 2 fully saturated rings. The van der Waals surface area contributed by atoms with Crippen LogP contribution in [0.1, 0.15) is 13.3 Å². The third kappa shape index (κ3) is 1.72. The number of fused-ring (bicyclic) bond motifs is 1. The second kappa shape index (κ2) is 4.26. The molecule has 0 unspecified atom stereocenters. The van der Waals surface area contributed by atoms with Gasteiger partial charge in [0.25, 0.3) is 0 Å². The lowest BCUT2D eigenvalue weighted by Crippen LogP contribution is -2.33. The van der Waals surface area contributed by atoms with Crippen LogP contribution in [0.3, 0.4) is 0 Å². The smallest absolute Gasteiger partial charge is 0.234 e. The molecule has 0 N–H and O–H groups in total. The fourth-order valence-electron chi connectivity index (χ4n) is 2.41. The molecule has 16 heavy (non-hydrogen) atoms. The molecular weight excluding hydrogens is 204 g/mol. The maximum Gasteiger partial charge on any atom is 0.234 e. The van der Waals surface area contributed by atoms with E-state index in [0.29, 0.717) is 19.6 Å². The zero-order valence-corrected chi connectivity index (χ0v) is 9.69. The summed E-state index contributed by atoms with van der Waals surface area (Å²) in [4.78, 5) is 26.8. The normalized spacial score (nSPS) is 29.2. The van der Waals surface area contributed by atoms with Gasteiger partial charge in [-0.3, -0.25) is 19.4 Å². The van der Waals surface area contributed by atoms with Crippen molar-refractivity contribution in [3.63, 3.8) is 0 Å². The van der Waals surface area contributed by atoms with Crippen LogP contribution < -0.4 is 0 Å². The van der Waals surface area contributed by atoms with E-state index in [9.17, 15) is 9.59 Å². The predicted octanol–water partition coefficient (Wildman–Crippen LogP) is -0.0536. The van der Waals surface area contributed by atoms with Gasteiger partial charge in [-0.1, -0.05) is 12.8 Å². The van der Waals surface area contributed by atoms with Crippen LogP contribution in [0, 0.1) is 23.7 Å². The lowest BCUT2D eigenvalue weighted by atomic mass is 10.00. The lowest BCUT2D eigenvalue weighted by Gasteiger charge is -2.15. The van der Waals surface area contributed by atoms with Crippen molar-refractivity contribution < 1.29 is 9.59 Å². The molecule has 86 valence electrons. The van der Waals surface area contributed by atoms with E-state index < -0.39 is 0 Å². The molecule has 2 aliphatic rings. The molecule has 0 spiro atoms. The van der Waals surface area contributed by atoms with Gasteiger partial charge in [0.15, 0.2) is 0 Å². The summed E-state index contributed by atoms with van der Waals surface area (Å²) in [6.45, 7) is 4.04. The van der Waals surface area contributed by atoms with Gasteiger partial charge in [0, 0.05) is 26.6 Å². The van der Waals surface area contributed by atoms with Gasteiger partial charge in [0.1, 0.15) is 0 Å².